The molecule has 0 unspecified atom stereocenters. The highest BCUT2D eigenvalue weighted by Gasteiger charge is 2.14. The van der Waals surface area contributed by atoms with E-state index in [1.165, 1.54) is 103 Å². The summed E-state index contributed by atoms with van der Waals surface area (Å²) >= 11 is 0. The average molecular weight is 369 g/mol. The zero-order chi connectivity index (χ0) is 17.9. The monoisotopic (exact) mass is 368 g/mol. The van der Waals surface area contributed by atoms with Gasteiger partial charge in [0.1, 0.15) is 0 Å². The molecule has 0 bridgehead atoms. The van der Waals surface area contributed by atoms with Crippen LogP contribution in [-0.2, 0) is 0 Å². The van der Waals surface area contributed by atoms with Crippen molar-refractivity contribution in [3.05, 3.63) is 0 Å². The van der Waals surface area contributed by atoms with Gasteiger partial charge in [-0.1, -0.05) is 142 Å². The van der Waals surface area contributed by atoms with Gasteiger partial charge in [0, 0.05) is 16.6 Å². The summed E-state index contributed by atoms with van der Waals surface area (Å²) in [5, 5.41) is 0. The number of hydrogen-bond acceptors (Lipinski definition) is 0. The van der Waals surface area contributed by atoms with Crippen molar-refractivity contribution >= 4 is 16.6 Å². The van der Waals surface area contributed by atoms with Gasteiger partial charge in [0.25, 0.3) is 0 Å². The van der Waals surface area contributed by atoms with Gasteiger partial charge < -0.3 is 0 Å². The largest absolute Gasteiger partial charge is 0.0733 e. The molecule has 0 aliphatic heterocycles. The summed E-state index contributed by atoms with van der Waals surface area (Å²) in [5.74, 6) is 0. The molecule has 2 heteroatoms. The highest BCUT2D eigenvalue weighted by molar-refractivity contribution is 7.21. The molecule has 0 aromatic heterocycles. The minimum absolute atomic E-state index is 0.0293. The number of unbranched alkanes of at least 4 members (excludes halogenated alkanes) is 14. The van der Waals surface area contributed by atoms with Gasteiger partial charge in [-0.25, -0.2) is 0 Å². The van der Waals surface area contributed by atoms with E-state index in [2.05, 4.69) is 26.9 Å². The van der Waals surface area contributed by atoms with E-state index < -0.39 is 0 Å². The second kappa shape index (κ2) is 19.8. The van der Waals surface area contributed by atoms with Crippen molar-refractivity contribution in [1.82, 2.24) is 0 Å². The molecule has 0 rings (SSSR count). The lowest BCUT2D eigenvalue weighted by atomic mass is 10.1. The van der Waals surface area contributed by atoms with Crippen LogP contribution in [0.3, 0.4) is 0 Å². The Morgan fingerprint density at radius 2 is 0.625 bits per heavy atom. The van der Waals surface area contributed by atoms with Crippen LogP contribution in [0.15, 0.2) is 0 Å². The molecule has 144 valence electrons. The standard InChI is InChI=1S/C22H48Si2/c1-5-7-9-11-13-15-17-19-21-23(3)24(4)22-20-18-16-14-12-10-8-6-2/h5-22H2,1-4H3. The van der Waals surface area contributed by atoms with Crippen LogP contribution < -0.4 is 0 Å². The summed E-state index contributed by atoms with van der Waals surface area (Å²) in [5.41, 5.74) is 0. The van der Waals surface area contributed by atoms with Crippen LogP contribution in [0, 0.1) is 0 Å². The molecule has 2 radical (unpaired) electrons. The molecule has 0 aliphatic carbocycles. The SMILES string of the molecule is CCCCCCCCCC[Si](C)[Si](C)CCCCCCCCCC. The van der Waals surface area contributed by atoms with Crippen LogP contribution in [0.1, 0.15) is 117 Å². The first kappa shape index (κ1) is 24.4. The van der Waals surface area contributed by atoms with Gasteiger partial charge in [-0.3, -0.25) is 0 Å². The maximum absolute atomic E-state index is 2.64. The van der Waals surface area contributed by atoms with Crippen LogP contribution in [0.25, 0.3) is 0 Å². The minimum atomic E-state index is 0.0293. The van der Waals surface area contributed by atoms with Crippen molar-refractivity contribution in [2.24, 2.45) is 0 Å². The first-order valence-electron chi connectivity index (χ1n) is 11.4. The molecule has 0 N–H and O–H groups in total. The van der Waals surface area contributed by atoms with E-state index >= 15 is 0 Å². The molecule has 0 nitrogen and oxygen atoms in total. The Morgan fingerprint density at radius 3 is 0.917 bits per heavy atom. The number of rotatable bonds is 19. The fraction of sp³-hybridized carbons (Fsp3) is 1.00. The molecule has 0 heterocycles. The zero-order valence-corrected chi connectivity index (χ0v) is 19.7. The van der Waals surface area contributed by atoms with Crippen LogP contribution in [-0.4, -0.2) is 16.6 Å². The van der Waals surface area contributed by atoms with Gasteiger partial charge >= 0.3 is 0 Å². The van der Waals surface area contributed by atoms with Crippen molar-refractivity contribution < 1.29 is 0 Å². The van der Waals surface area contributed by atoms with E-state index in [-0.39, 0.29) is 16.6 Å². The van der Waals surface area contributed by atoms with Gasteiger partial charge in [-0.05, 0) is 0 Å². The lowest BCUT2D eigenvalue weighted by Gasteiger charge is -2.16. The molecule has 0 atom stereocenters. The van der Waals surface area contributed by atoms with Crippen LogP contribution in [0.5, 0.6) is 0 Å². The number of hydrogen-bond donors (Lipinski definition) is 0. The summed E-state index contributed by atoms with van der Waals surface area (Å²) in [6, 6.07) is 3.23. The maximum atomic E-state index is 2.64. The molecule has 0 aliphatic rings. The minimum Gasteiger partial charge on any atom is -0.0733 e. The molecule has 0 fully saturated rings. The Bertz CT molecular complexity index is 206. The van der Waals surface area contributed by atoms with E-state index in [0.717, 1.165) is 0 Å². The molecule has 0 spiro atoms. The van der Waals surface area contributed by atoms with Gasteiger partial charge in [-0.15, -0.1) is 0 Å². The summed E-state index contributed by atoms with van der Waals surface area (Å²) < 4.78 is 0. The zero-order valence-electron chi connectivity index (χ0n) is 17.7. The third-order valence-corrected chi connectivity index (χ3v) is 15.1. The van der Waals surface area contributed by atoms with Crippen molar-refractivity contribution in [1.29, 1.82) is 0 Å². The first-order chi connectivity index (χ1) is 11.7. The molecule has 24 heavy (non-hydrogen) atoms. The summed E-state index contributed by atoms with van der Waals surface area (Å²) in [6.45, 7) is 9.90. The van der Waals surface area contributed by atoms with E-state index in [1.54, 1.807) is 12.1 Å². The highest BCUT2D eigenvalue weighted by atomic mass is 29.2. The predicted octanol–water partition coefficient (Wildman–Crippen LogP) is 8.60. The van der Waals surface area contributed by atoms with Crippen LogP contribution in [0.4, 0.5) is 0 Å². The van der Waals surface area contributed by atoms with Crippen molar-refractivity contribution in [2.45, 2.75) is 142 Å². The normalized spacial score (nSPS) is 11.8. The van der Waals surface area contributed by atoms with Gasteiger partial charge in [-0.2, -0.15) is 0 Å². The molecule has 0 amide bonds. The predicted molar refractivity (Wildman–Crippen MR) is 118 cm³/mol. The Labute approximate surface area is 158 Å². The second-order valence-corrected chi connectivity index (χ2v) is 17.3. The highest BCUT2D eigenvalue weighted by Crippen LogP contribution is 2.15. The summed E-state index contributed by atoms with van der Waals surface area (Å²) in [4.78, 5) is 0. The molecular formula is C22H48Si2. The third-order valence-electron chi connectivity index (χ3n) is 5.54. The van der Waals surface area contributed by atoms with E-state index in [1.807, 2.05) is 0 Å². The molecular weight excluding hydrogens is 320 g/mol. The van der Waals surface area contributed by atoms with E-state index in [0.29, 0.717) is 0 Å². The quantitative estimate of drug-likeness (QED) is 0.158. The molecule has 0 saturated carbocycles. The lowest BCUT2D eigenvalue weighted by molar-refractivity contribution is 0.584. The maximum Gasteiger partial charge on any atom is 0.0342 e. The Morgan fingerprint density at radius 1 is 0.375 bits per heavy atom. The first-order valence-corrected chi connectivity index (χ1v) is 16.8. The van der Waals surface area contributed by atoms with Gasteiger partial charge in [0.15, 0.2) is 0 Å². The van der Waals surface area contributed by atoms with Crippen LogP contribution in [0.2, 0.25) is 25.2 Å². The topological polar surface area (TPSA) is 0 Å². The molecule has 0 saturated heterocycles. The molecule has 0 aromatic carbocycles. The second-order valence-electron chi connectivity index (χ2n) is 8.01. The van der Waals surface area contributed by atoms with Gasteiger partial charge in [0.05, 0.1) is 0 Å². The molecule has 0 aromatic rings. The van der Waals surface area contributed by atoms with Crippen LogP contribution >= 0.6 is 0 Å². The van der Waals surface area contributed by atoms with Crippen molar-refractivity contribution in [3.63, 3.8) is 0 Å². The van der Waals surface area contributed by atoms with E-state index in [9.17, 15) is 0 Å². The summed E-state index contributed by atoms with van der Waals surface area (Å²) in [7, 11) is 0.0586. The fourth-order valence-corrected chi connectivity index (χ4v) is 9.51. The Hall–Kier alpha value is 0.434. The average Bonchev–Trinajstić information content (AvgIpc) is 2.59. The van der Waals surface area contributed by atoms with Crippen molar-refractivity contribution in [2.75, 3.05) is 0 Å². The fourth-order valence-electron chi connectivity index (χ4n) is 3.47. The smallest absolute Gasteiger partial charge is 0.0342 e. The Balaban J connectivity index is 3.32. The Kier molecular flexibility index (Phi) is 20.1. The lowest BCUT2D eigenvalue weighted by Crippen LogP contribution is -2.29. The van der Waals surface area contributed by atoms with E-state index in [4.69, 9.17) is 0 Å². The van der Waals surface area contributed by atoms with Crippen molar-refractivity contribution in [3.8, 4) is 0 Å². The summed E-state index contributed by atoms with van der Waals surface area (Å²) in [6.07, 6.45) is 23.7. The third kappa shape index (κ3) is 17.3. The van der Waals surface area contributed by atoms with Gasteiger partial charge in [0.2, 0.25) is 0 Å².